The number of amides is 1. The number of hydrogen-bond acceptors (Lipinski definition) is 4. The van der Waals surface area contributed by atoms with Gasteiger partial charge in [0.2, 0.25) is 5.91 Å². The van der Waals surface area contributed by atoms with Crippen LogP contribution >= 0.6 is 11.8 Å². The summed E-state index contributed by atoms with van der Waals surface area (Å²) in [6.07, 6.45) is 0. The van der Waals surface area contributed by atoms with E-state index >= 15 is 0 Å². The van der Waals surface area contributed by atoms with E-state index in [1.165, 1.54) is 0 Å². The van der Waals surface area contributed by atoms with E-state index in [1.807, 2.05) is 20.8 Å². The molecule has 0 aromatic rings. The summed E-state index contributed by atoms with van der Waals surface area (Å²) in [6.45, 7) is 7.64. The van der Waals surface area contributed by atoms with E-state index in [4.69, 9.17) is 0 Å². The van der Waals surface area contributed by atoms with Crippen molar-refractivity contribution < 1.29 is 13.2 Å². The van der Waals surface area contributed by atoms with Crippen molar-refractivity contribution in [2.45, 2.75) is 33.1 Å². The largest absolute Gasteiger partial charge is 0.324 e. The van der Waals surface area contributed by atoms with E-state index in [9.17, 15) is 13.2 Å². The zero-order valence-electron chi connectivity index (χ0n) is 10.9. The molecule has 0 spiro atoms. The summed E-state index contributed by atoms with van der Waals surface area (Å²) >= 11 is 1.60. The first-order valence-corrected chi connectivity index (χ1v) is 8.67. The monoisotopic (exact) mass is 279 g/mol. The minimum Gasteiger partial charge on any atom is -0.324 e. The molecule has 0 aromatic carbocycles. The summed E-state index contributed by atoms with van der Waals surface area (Å²) < 4.78 is 24.0. The molecule has 1 aliphatic rings. The van der Waals surface area contributed by atoms with Crippen molar-refractivity contribution in [3.05, 3.63) is 0 Å². The maximum Gasteiger partial charge on any atom is 0.229 e. The van der Waals surface area contributed by atoms with Crippen LogP contribution in [0.1, 0.15) is 27.7 Å². The third-order valence-corrected chi connectivity index (χ3v) is 6.09. The topological polar surface area (TPSA) is 54.5 Å². The molecule has 1 amide bonds. The van der Waals surface area contributed by atoms with Crippen LogP contribution in [0, 0.1) is 5.41 Å². The highest BCUT2D eigenvalue weighted by molar-refractivity contribution is 8.01. The number of sulfone groups is 1. The Morgan fingerprint density at radius 2 is 2.00 bits per heavy atom. The molecular formula is C11H21NO3S2. The maximum atomic E-state index is 12.2. The molecule has 0 bridgehead atoms. The fraction of sp³-hybridized carbons (Fsp3) is 0.909. The average molecular weight is 279 g/mol. The molecule has 0 aromatic heterocycles. The van der Waals surface area contributed by atoms with Crippen molar-refractivity contribution in [3.63, 3.8) is 0 Å². The molecule has 1 heterocycles. The first-order chi connectivity index (χ1) is 7.70. The number of nitrogens with zero attached hydrogens (tertiary/aromatic N) is 1. The second-order valence-corrected chi connectivity index (χ2v) is 8.83. The SMILES string of the molecule is CCS(=O)(=O)C1CSCCN1C(=O)C(C)(C)C. The normalized spacial score (nSPS) is 22.6. The van der Waals surface area contributed by atoms with E-state index < -0.39 is 20.6 Å². The van der Waals surface area contributed by atoms with Crippen LogP contribution in [0.4, 0.5) is 0 Å². The van der Waals surface area contributed by atoms with Crippen molar-refractivity contribution in [1.29, 1.82) is 0 Å². The van der Waals surface area contributed by atoms with Crippen molar-refractivity contribution in [3.8, 4) is 0 Å². The smallest absolute Gasteiger partial charge is 0.229 e. The Balaban J connectivity index is 2.99. The molecule has 100 valence electrons. The molecule has 1 unspecified atom stereocenters. The zero-order chi connectivity index (χ0) is 13.3. The van der Waals surface area contributed by atoms with Crippen LogP contribution in [-0.4, -0.2) is 48.4 Å². The minimum atomic E-state index is -3.19. The summed E-state index contributed by atoms with van der Waals surface area (Å²) in [7, 11) is -3.19. The third-order valence-electron chi connectivity index (χ3n) is 2.80. The standard InChI is InChI=1S/C11H21NO3S2/c1-5-17(14,15)9-8-16-7-6-12(9)10(13)11(2,3)4/h9H,5-8H2,1-4H3. The van der Waals surface area contributed by atoms with Crippen molar-refractivity contribution >= 4 is 27.5 Å². The van der Waals surface area contributed by atoms with Gasteiger partial charge in [0.1, 0.15) is 5.37 Å². The Morgan fingerprint density at radius 3 is 2.47 bits per heavy atom. The fourth-order valence-electron chi connectivity index (χ4n) is 1.73. The van der Waals surface area contributed by atoms with Gasteiger partial charge in [-0.2, -0.15) is 11.8 Å². The predicted octanol–water partition coefficient (Wildman–Crippen LogP) is 1.37. The highest BCUT2D eigenvalue weighted by atomic mass is 32.2. The molecule has 4 nitrogen and oxygen atoms in total. The summed E-state index contributed by atoms with van der Waals surface area (Å²) in [6, 6.07) is 0. The van der Waals surface area contributed by atoms with Crippen LogP contribution < -0.4 is 0 Å². The Morgan fingerprint density at radius 1 is 1.41 bits per heavy atom. The van der Waals surface area contributed by atoms with E-state index in [0.717, 1.165) is 5.75 Å². The molecule has 1 rings (SSSR count). The molecule has 6 heteroatoms. The third kappa shape index (κ3) is 3.37. The Hall–Kier alpha value is -0.230. The van der Waals surface area contributed by atoms with Gasteiger partial charge >= 0.3 is 0 Å². The lowest BCUT2D eigenvalue weighted by Gasteiger charge is -2.38. The second kappa shape index (κ2) is 5.18. The van der Waals surface area contributed by atoms with Gasteiger partial charge in [-0.1, -0.05) is 27.7 Å². The van der Waals surface area contributed by atoms with Crippen molar-refractivity contribution in [1.82, 2.24) is 4.90 Å². The molecule has 0 aliphatic carbocycles. The highest BCUT2D eigenvalue weighted by Crippen LogP contribution is 2.26. The lowest BCUT2D eigenvalue weighted by Crippen LogP contribution is -2.53. The van der Waals surface area contributed by atoms with Gasteiger partial charge in [0, 0.05) is 29.2 Å². The van der Waals surface area contributed by atoms with Gasteiger partial charge in [-0.05, 0) is 0 Å². The maximum absolute atomic E-state index is 12.2. The minimum absolute atomic E-state index is 0.0696. The van der Waals surface area contributed by atoms with Gasteiger partial charge in [-0.25, -0.2) is 8.42 Å². The number of hydrogen-bond donors (Lipinski definition) is 0. The van der Waals surface area contributed by atoms with Gasteiger partial charge in [-0.3, -0.25) is 4.79 Å². The molecule has 0 radical (unpaired) electrons. The number of rotatable bonds is 2. The molecular weight excluding hydrogens is 258 g/mol. The molecule has 1 aliphatic heterocycles. The number of carbonyl (C=O) groups excluding carboxylic acids is 1. The van der Waals surface area contributed by atoms with E-state index in [0.29, 0.717) is 12.3 Å². The van der Waals surface area contributed by atoms with E-state index in [-0.39, 0.29) is 11.7 Å². The van der Waals surface area contributed by atoms with Crippen LogP contribution in [0.15, 0.2) is 0 Å². The summed E-state index contributed by atoms with van der Waals surface area (Å²) in [5, 5.41) is -0.641. The van der Waals surface area contributed by atoms with Gasteiger partial charge < -0.3 is 4.90 Å². The van der Waals surface area contributed by atoms with E-state index in [2.05, 4.69) is 0 Å². The molecule has 0 saturated carbocycles. The lowest BCUT2D eigenvalue weighted by atomic mass is 9.95. The zero-order valence-corrected chi connectivity index (χ0v) is 12.5. The fourth-order valence-corrected chi connectivity index (χ4v) is 4.70. The highest BCUT2D eigenvalue weighted by Gasteiger charge is 2.39. The van der Waals surface area contributed by atoms with Crippen LogP contribution in [0.5, 0.6) is 0 Å². The Labute approximate surface area is 108 Å². The summed E-state index contributed by atoms with van der Waals surface area (Å²) in [5.74, 6) is 1.33. The summed E-state index contributed by atoms with van der Waals surface area (Å²) in [4.78, 5) is 13.8. The van der Waals surface area contributed by atoms with E-state index in [1.54, 1.807) is 23.6 Å². The lowest BCUT2D eigenvalue weighted by molar-refractivity contribution is -0.139. The first-order valence-electron chi connectivity index (χ1n) is 5.80. The number of carbonyl (C=O) groups is 1. The average Bonchev–Trinajstić information content (AvgIpc) is 2.27. The molecule has 1 atom stereocenters. The van der Waals surface area contributed by atoms with Crippen LogP contribution in [0.25, 0.3) is 0 Å². The van der Waals surface area contributed by atoms with Gasteiger partial charge in [-0.15, -0.1) is 0 Å². The predicted molar refractivity (Wildman–Crippen MR) is 71.7 cm³/mol. The van der Waals surface area contributed by atoms with Crippen LogP contribution in [0.2, 0.25) is 0 Å². The van der Waals surface area contributed by atoms with Gasteiger partial charge in [0.15, 0.2) is 9.84 Å². The molecule has 1 fully saturated rings. The second-order valence-electron chi connectivity index (χ2n) is 5.23. The Bertz CT molecular complexity index is 384. The first kappa shape index (κ1) is 14.8. The van der Waals surface area contributed by atoms with Gasteiger partial charge in [0.25, 0.3) is 0 Å². The van der Waals surface area contributed by atoms with Gasteiger partial charge in [0.05, 0.1) is 0 Å². The number of thioether (sulfide) groups is 1. The molecule has 1 saturated heterocycles. The quantitative estimate of drug-likeness (QED) is 0.766. The Kier molecular flexibility index (Phi) is 4.52. The molecule has 0 N–H and O–H groups in total. The van der Waals surface area contributed by atoms with Crippen molar-refractivity contribution in [2.24, 2.45) is 5.41 Å². The summed E-state index contributed by atoms with van der Waals surface area (Å²) in [5.41, 5.74) is -0.524. The molecule has 17 heavy (non-hydrogen) atoms. The van der Waals surface area contributed by atoms with Crippen molar-refractivity contribution in [2.75, 3.05) is 23.8 Å². The van der Waals surface area contributed by atoms with Crippen LogP contribution in [0.3, 0.4) is 0 Å². The van der Waals surface area contributed by atoms with Crippen LogP contribution in [-0.2, 0) is 14.6 Å².